The summed E-state index contributed by atoms with van der Waals surface area (Å²) >= 11 is 0. The molecule has 0 aromatic rings. The molecule has 0 aromatic heterocycles. The molecule has 1 atom stereocenters. The standard InChI is InChI=1S/C31H61NO2.C18H38O/c1-5-8-10-14-20-25-31(7-3)34-30(4)24-19-15-13-17-22-28-32(26-9-6-2)27-21-16-11-12-18-23-29-33;1-4-6-8-10-12-14-16-18(19-3)17-15-13-11-9-7-5-2/h29,31H,4-28H2,1-3H3;18H,4-17H2,1-3H3. The number of ether oxygens (including phenoxy) is 2. The summed E-state index contributed by atoms with van der Waals surface area (Å²) in [6.07, 6.45) is 47.3. The lowest BCUT2D eigenvalue weighted by Gasteiger charge is -2.22. The molecule has 0 heterocycles. The Bertz CT molecular complexity index is 681. The molecule has 0 rings (SSSR count). The highest BCUT2D eigenvalue weighted by Gasteiger charge is 2.10. The highest BCUT2D eigenvalue weighted by Crippen LogP contribution is 2.19. The average Bonchev–Trinajstić information content (AvgIpc) is 3.17. The Morgan fingerprint density at radius 2 is 0.868 bits per heavy atom. The number of hydrogen-bond acceptors (Lipinski definition) is 4. The summed E-state index contributed by atoms with van der Waals surface area (Å²) < 4.78 is 11.8. The maximum atomic E-state index is 10.4. The summed E-state index contributed by atoms with van der Waals surface area (Å²) in [4.78, 5) is 13.1. The fourth-order valence-corrected chi connectivity index (χ4v) is 7.30. The minimum Gasteiger partial charge on any atom is -0.495 e. The largest absolute Gasteiger partial charge is 0.495 e. The van der Waals surface area contributed by atoms with E-state index in [1.165, 1.54) is 219 Å². The van der Waals surface area contributed by atoms with E-state index in [4.69, 9.17) is 9.47 Å². The van der Waals surface area contributed by atoms with E-state index < -0.39 is 0 Å². The number of aldehydes is 1. The smallest absolute Gasteiger partial charge is 0.119 e. The van der Waals surface area contributed by atoms with Gasteiger partial charge in [0.25, 0.3) is 0 Å². The van der Waals surface area contributed by atoms with Crippen molar-refractivity contribution < 1.29 is 14.3 Å². The average molecular weight is 750 g/mol. The Hall–Kier alpha value is -0.870. The van der Waals surface area contributed by atoms with Crippen LogP contribution in [0.25, 0.3) is 0 Å². The minimum atomic E-state index is 0.375. The van der Waals surface area contributed by atoms with E-state index in [9.17, 15) is 4.79 Å². The van der Waals surface area contributed by atoms with Crippen LogP contribution in [0.3, 0.4) is 0 Å². The molecule has 318 valence electrons. The third kappa shape index (κ3) is 43.7. The van der Waals surface area contributed by atoms with Gasteiger partial charge in [-0.15, -0.1) is 0 Å². The number of carbonyl (C=O) groups is 1. The van der Waals surface area contributed by atoms with Gasteiger partial charge in [0, 0.05) is 20.0 Å². The zero-order chi connectivity index (χ0) is 39.3. The van der Waals surface area contributed by atoms with Gasteiger partial charge in [-0.25, -0.2) is 0 Å². The summed E-state index contributed by atoms with van der Waals surface area (Å²) in [5.74, 6) is 1.01. The number of nitrogens with zero attached hydrogens (tertiary/aromatic N) is 1. The fourth-order valence-electron chi connectivity index (χ4n) is 7.30. The first-order valence-electron chi connectivity index (χ1n) is 24.1. The van der Waals surface area contributed by atoms with Crippen molar-refractivity contribution in [2.45, 2.75) is 272 Å². The van der Waals surface area contributed by atoms with Gasteiger partial charge in [-0.05, 0) is 83.8 Å². The quantitative estimate of drug-likeness (QED) is 0.0353. The zero-order valence-corrected chi connectivity index (χ0v) is 37.5. The third-order valence-electron chi connectivity index (χ3n) is 11.1. The highest BCUT2D eigenvalue weighted by molar-refractivity contribution is 5.48. The van der Waals surface area contributed by atoms with Crippen LogP contribution in [0, 0.1) is 0 Å². The molecule has 0 fully saturated rings. The SMILES string of the molecule is C=C(CCCCCCCN(CCCC)CCCCCCCC=O)OC(CC)CCCCCCC.CCCCCCCCC(CCCCCCCC)OC. The van der Waals surface area contributed by atoms with Gasteiger partial charge in [0.1, 0.15) is 6.29 Å². The molecule has 0 saturated carbocycles. The van der Waals surface area contributed by atoms with E-state index in [2.05, 4.69) is 46.1 Å². The molecule has 0 aliphatic rings. The monoisotopic (exact) mass is 750 g/mol. The van der Waals surface area contributed by atoms with E-state index >= 15 is 0 Å². The van der Waals surface area contributed by atoms with Crippen molar-refractivity contribution in [1.29, 1.82) is 0 Å². The topological polar surface area (TPSA) is 38.8 Å². The molecule has 1 unspecified atom stereocenters. The highest BCUT2D eigenvalue weighted by atomic mass is 16.5. The normalized spacial score (nSPS) is 11.9. The van der Waals surface area contributed by atoms with Crippen LogP contribution >= 0.6 is 0 Å². The van der Waals surface area contributed by atoms with Gasteiger partial charge in [-0.1, -0.05) is 189 Å². The van der Waals surface area contributed by atoms with Crippen LogP contribution < -0.4 is 0 Å². The van der Waals surface area contributed by atoms with Crippen molar-refractivity contribution >= 4 is 6.29 Å². The molecule has 0 bridgehead atoms. The number of unbranched alkanes of at least 4 members (excludes halogenated alkanes) is 24. The Balaban J connectivity index is 0. The summed E-state index contributed by atoms with van der Waals surface area (Å²) in [6, 6.07) is 0. The van der Waals surface area contributed by atoms with E-state index in [1.54, 1.807) is 0 Å². The van der Waals surface area contributed by atoms with Crippen molar-refractivity contribution in [3.8, 4) is 0 Å². The van der Waals surface area contributed by atoms with Crippen molar-refractivity contribution in [2.24, 2.45) is 0 Å². The van der Waals surface area contributed by atoms with Gasteiger partial charge in [0.05, 0.1) is 18.0 Å². The first-order chi connectivity index (χ1) is 26.0. The van der Waals surface area contributed by atoms with Crippen molar-refractivity contribution in [2.75, 3.05) is 26.7 Å². The van der Waals surface area contributed by atoms with Crippen LogP contribution in [-0.4, -0.2) is 50.1 Å². The molecular weight excluding hydrogens is 651 g/mol. The lowest BCUT2D eigenvalue weighted by molar-refractivity contribution is -0.107. The van der Waals surface area contributed by atoms with E-state index in [0.717, 1.165) is 37.7 Å². The molecule has 0 aromatic carbocycles. The zero-order valence-electron chi connectivity index (χ0n) is 37.5. The Kier molecular flexibility index (Phi) is 48.4. The number of allylic oxidation sites excluding steroid dienone is 1. The molecule has 0 saturated heterocycles. The van der Waals surface area contributed by atoms with Crippen LogP contribution in [0.5, 0.6) is 0 Å². The van der Waals surface area contributed by atoms with Crippen molar-refractivity contribution in [1.82, 2.24) is 4.90 Å². The van der Waals surface area contributed by atoms with Crippen LogP contribution in [0.4, 0.5) is 0 Å². The Morgan fingerprint density at radius 3 is 1.30 bits per heavy atom. The van der Waals surface area contributed by atoms with Gasteiger partial charge in [-0.2, -0.15) is 0 Å². The summed E-state index contributed by atoms with van der Waals surface area (Å²) in [7, 11) is 1.89. The summed E-state index contributed by atoms with van der Waals surface area (Å²) in [6.45, 7) is 19.3. The third-order valence-corrected chi connectivity index (χ3v) is 11.1. The van der Waals surface area contributed by atoms with Gasteiger partial charge in [0.15, 0.2) is 0 Å². The van der Waals surface area contributed by atoms with Crippen LogP contribution in [0.2, 0.25) is 0 Å². The Morgan fingerprint density at radius 1 is 0.491 bits per heavy atom. The lowest BCUT2D eigenvalue weighted by Crippen LogP contribution is -2.27. The maximum Gasteiger partial charge on any atom is 0.119 e. The number of carbonyl (C=O) groups excluding carboxylic acids is 1. The van der Waals surface area contributed by atoms with E-state index in [-0.39, 0.29) is 0 Å². The molecule has 53 heavy (non-hydrogen) atoms. The molecule has 4 heteroatoms. The maximum absolute atomic E-state index is 10.4. The van der Waals surface area contributed by atoms with Crippen molar-refractivity contribution in [3.63, 3.8) is 0 Å². The number of rotatable bonds is 43. The van der Waals surface area contributed by atoms with Crippen LogP contribution in [-0.2, 0) is 14.3 Å². The second-order valence-electron chi connectivity index (χ2n) is 16.3. The van der Waals surface area contributed by atoms with Gasteiger partial charge in [-0.3, -0.25) is 0 Å². The van der Waals surface area contributed by atoms with Crippen molar-refractivity contribution in [3.05, 3.63) is 12.3 Å². The lowest BCUT2D eigenvalue weighted by atomic mass is 10.0. The molecule has 0 amide bonds. The second-order valence-corrected chi connectivity index (χ2v) is 16.3. The minimum absolute atomic E-state index is 0.375. The molecular formula is C49H99NO3. The molecule has 0 N–H and O–H groups in total. The molecule has 0 aliphatic carbocycles. The molecule has 4 nitrogen and oxygen atoms in total. The fraction of sp³-hybridized carbons (Fsp3) is 0.939. The van der Waals surface area contributed by atoms with E-state index in [1.807, 2.05) is 7.11 Å². The predicted octanol–water partition coefficient (Wildman–Crippen LogP) is 16.1. The second kappa shape index (κ2) is 47.3. The first-order valence-corrected chi connectivity index (χ1v) is 24.1. The summed E-state index contributed by atoms with van der Waals surface area (Å²) in [5.41, 5.74) is 0. The first kappa shape index (κ1) is 54.2. The number of hydrogen-bond donors (Lipinski definition) is 0. The molecule has 0 spiro atoms. The Labute approximate surface area is 335 Å². The molecule has 0 radical (unpaired) electrons. The van der Waals surface area contributed by atoms with E-state index in [0.29, 0.717) is 12.2 Å². The van der Waals surface area contributed by atoms with Gasteiger partial charge >= 0.3 is 0 Å². The predicted molar refractivity (Wildman–Crippen MR) is 237 cm³/mol. The van der Waals surface area contributed by atoms with Crippen LogP contribution in [0.15, 0.2) is 12.3 Å². The molecule has 0 aliphatic heterocycles. The number of methoxy groups -OCH3 is 1. The van der Waals surface area contributed by atoms with Gasteiger partial charge < -0.3 is 19.2 Å². The van der Waals surface area contributed by atoms with Gasteiger partial charge in [0.2, 0.25) is 0 Å². The summed E-state index contributed by atoms with van der Waals surface area (Å²) in [5, 5.41) is 0. The van der Waals surface area contributed by atoms with Crippen LogP contribution in [0.1, 0.15) is 259 Å².